The van der Waals surface area contributed by atoms with Gasteiger partial charge in [-0.3, -0.25) is 24.5 Å². The first-order valence-electron chi connectivity index (χ1n) is 10.4. The number of rotatable bonds is 13. The van der Waals surface area contributed by atoms with Gasteiger partial charge in [0.1, 0.15) is 5.82 Å². The summed E-state index contributed by atoms with van der Waals surface area (Å²) in [6, 6.07) is 10.4. The van der Waals surface area contributed by atoms with Crippen LogP contribution in [0.5, 0.6) is 0 Å². The van der Waals surface area contributed by atoms with Crippen molar-refractivity contribution >= 4 is 29.3 Å². The first-order valence-corrected chi connectivity index (χ1v) is 10.4. The van der Waals surface area contributed by atoms with Crippen LogP contribution < -0.4 is 16.0 Å². The second-order valence-corrected chi connectivity index (χ2v) is 7.13. The quantitative estimate of drug-likeness (QED) is 0.179. The number of hydrogen-bond donors (Lipinski definition) is 3. The van der Waals surface area contributed by atoms with Crippen molar-refractivity contribution in [3.05, 3.63) is 64.3 Å². The number of nitro groups is 1. The van der Waals surface area contributed by atoms with Gasteiger partial charge in [-0.1, -0.05) is 18.2 Å². The highest BCUT2D eigenvalue weighted by Gasteiger charge is 2.21. The number of non-ortho nitro benzene ring substituents is 1. The van der Waals surface area contributed by atoms with Crippen LogP contribution in [0.3, 0.4) is 0 Å². The molecule has 11 nitrogen and oxygen atoms in total. The van der Waals surface area contributed by atoms with Crippen molar-refractivity contribution in [1.82, 2.24) is 15.6 Å². The lowest BCUT2D eigenvalue weighted by atomic mass is 10.0. The fourth-order valence-electron chi connectivity index (χ4n) is 2.96. The number of carbonyl (C=O) groups is 3. The molecule has 0 aliphatic carbocycles. The Bertz CT molecular complexity index is 953. The van der Waals surface area contributed by atoms with Crippen LogP contribution in [0.25, 0.3) is 0 Å². The van der Waals surface area contributed by atoms with Gasteiger partial charge in [-0.2, -0.15) is 0 Å². The fourth-order valence-corrected chi connectivity index (χ4v) is 2.96. The molecule has 0 radical (unpaired) electrons. The summed E-state index contributed by atoms with van der Waals surface area (Å²) < 4.78 is 4.65. The van der Waals surface area contributed by atoms with Crippen LogP contribution >= 0.6 is 0 Å². The zero-order valence-corrected chi connectivity index (χ0v) is 18.3. The number of hydrogen-bond acceptors (Lipinski definition) is 8. The Morgan fingerprint density at radius 2 is 1.94 bits per heavy atom. The fraction of sp³-hybridized carbons (Fsp3) is 0.364. The number of ether oxygens (including phenoxy) is 1. The molecule has 0 saturated carbocycles. The first-order chi connectivity index (χ1) is 15.9. The Morgan fingerprint density at radius 1 is 1.12 bits per heavy atom. The maximum absolute atomic E-state index is 12.3. The normalized spacial score (nSPS) is 11.2. The third kappa shape index (κ3) is 9.33. The highest BCUT2D eigenvalue weighted by Crippen LogP contribution is 2.22. The maximum atomic E-state index is 12.3. The van der Waals surface area contributed by atoms with Crippen LogP contribution in [0.1, 0.15) is 37.3 Å². The van der Waals surface area contributed by atoms with Gasteiger partial charge in [-0.15, -0.1) is 0 Å². The topological polar surface area (TPSA) is 153 Å². The number of pyridine rings is 1. The van der Waals surface area contributed by atoms with E-state index < -0.39 is 22.8 Å². The molecular weight excluding hydrogens is 430 g/mol. The molecule has 0 aliphatic heterocycles. The summed E-state index contributed by atoms with van der Waals surface area (Å²) in [4.78, 5) is 50.7. The third-order valence-corrected chi connectivity index (χ3v) is 4.66. The molecule has 0 aliphatic rings. The predicted octanol–water partition coefficient (Wildman–Crippen LogP) is 2.11. The first kappa shape index (κ1) is 25.2. The smallest absolute Gasteiger partial charge is 0.307 e. The lowest BCUT2D eigenvalue weighted by Gasteiger charge is -2.18. The van der Waals surface area contributed by atoms with Gasteiger partial charge in [0, 0.05) is 31.3 Å². The Morgan fingerprint density at radius 3 is 2.64 bits per heavy atom. The van der Waals surface area contributed by atoms with E-state index in [0.717, 1.165) is 12.2 Å². The average molecular weight is 457 g/mol. The van der Waals surface area contributed by atoms with Gasteiger partial charge in [0.05, 0.1) is 31.0 Å². The third-order valence-electron chi connectivity index (χ3n) is 4.66. The van der Waals surface area contributed by atoms with Gasteiger partial charge in [0.15, 0.2) is 0 Å². The number of esters is 1. The number of benzene rings is 1. The van der Waals surface area contributed by atoms with Crippen molar-refractivity contribution in [2.75, 3.05) is 25.5 Å². The zero-order valence-electron chi connectivity index (χ0n) is 18.3. The summed E-state index contributed by atoms with van der Waals surface area (Å²) in [5, 5.41) is 19.3. The molecule has 1 aromatic heterocycles. The summed E-state index contributed by atoms with van der Waals surface area (Å²) in [6.07, 6.45) is 3.12. The lowest BCUT2D eigenvalue weighted by Crippen LogP contribution is -2.39. The van der Waals surface area contributed by atoms with Gasteiger partial charge in [-0.25, -0.2) is 4.98 Å². The Labute approximate surface area is 191 Å². The minimum Gasteiger partial charge on any atom is -0.469 e. The van der Waals surface area contributed by atoms with E-state index in [-0.39, 0.29) is 31.0 Å². The molecule has 2 aromatic rings. The molecule has 0 fully saturated rings. The number of carbonyl (C=O) groups excluding carboxylic acids is 3. The maximum Gasteiger partial charge on any atom is 0.307 e. The molecule has 3 N–H and O–H groups in total. The molecule has 0 bridgehead atoms. The summed E-state index contributed by atoms with van der Waals surface area (Å²) in [7, 11) is 1.21. The molecule has 2 rings (SSSR count). The largest absolute Gasteiger partial charge is 0.469 e. The highest BCUT2D eigenvalue weighted by atomic mass is 16.6. The van der Waals surface area contributed by atoms with Crippen molar-refractivity contribution in [1.29, 1.82) is 0 Å². The Kier molecular flexibility index (Phi) is 10.3. The van der Waals surface area contributed by atoms with Gasteiger partial charge in [0.25, 0.3) is 5.69 Å². The van der Waals surface area contributed by atoms with E-state index in [1.807, 2.05) is 18.2 Å². The van der Waals surface area contributed by atoms with Gasteiger partial charge < -0.3 is 20.7 Å². The van der Waals surface area contributed by atoms with Crippen molar-refractivity contribution in [2.24, 2.45) is 0 Å². The van der Waals surface area contributed by atoms with Crippen molar-refractivity contribution in [2.45, 2.75) is 31.7 Å². The van der Waals surface area contributed by atoms with Gasteiger partial charge in [0.2, 0.25) is 11.8 Å². The number of nitrogens with zero attached hydrogens (tertiary/aromatic N) is 2. The molecule has 0 spiro atoms. The van der Waals surface area contributed by atoms with E-state index >= 15 is 0 Å². The summed E-state index contributed by atoms with van der Waals surface area (Å²) in [5.74, 6) is -0.623. The van der Waals surface area contributed by atoms with E-state index in [1.165, 1.54) is 25.3 Å². The number of methoxy groups -OCH3 is 1. The van der Waals surface area contributed by atoms with Crippen LogP contribution in [-0.2, 0) is 19.1 Å². The molecule has 1 aromatic carbocycles. The van der Waals surface area contributed by atoms with Crippen LogP contribution in [0.4, 0.5) is 11.5 Å². The van der Waals surface area contributed by atoms with E-state index in [2.05, 4.69) is 25.7 Å². The molecule has 33 heavy (non-hydrogen) atoms. The molecule has 1 unspecified atom stereocenters. The minimum absolute atomic E-state index is 0.164. The molecule has 176 valence electrons. The number of nitrogens with one attached hydrogen (secondary N) is 3. The number of amides is 2. The second kappa shape index (κ2) is 13.4. The molecule has 1 heterocycles. The second-order valence-electron chi connectivity index (χ2n) is 7.13. The molecule has 11 heteroatoms. The zero-order chi connectivity index (χ0) is 24.1. The lowest BCUT2D eigenvalue weighted by molar-refractivity contribution is -0.384. The van der Waals surface area contributed by atoms with Crippen molar-refractivity contribution in [3.63, 3.8) is 0 Å². The van der Waals surface area contributed by atoms with E-state index in [0.29, 0.717) is 18.5 Å². The predicted molar refractivity (Wildman–Crippen MR) is 120 cm³/mol. The summed E-state index contributed by atoms with van der Waals surface area (Å²) in [5.41, 5.74) is 0.220. The standard InChI is InChI=1S/C22H27N5O6/c1-33-22(30)14-18(16-7-6-8-17(13-16)27(31)32)26-21(29)15-25-20(28)10-3-5-12-24-19-9-2-4-11-23-19/h2,4,6-9,11,13,18H,3,5,10,12,14-15H2,1H3,(H,23,24)(H,25,28)(H,26,29). The molecule has 2 amide bonds. The van der Waals surface area contributed by atoms with Crippen LogP contribution in [0.15, 0.2) is 48.7 Å². The SMILES string of the molecule is COC(=O)CC(NC(=O)CNC(=O)CCCCNc1ccccn1)c1cccc([N+](=O)[O-])c1. The Hall–Kier alpha value is -4.02. The molecule has 1 atom stereocenters. The number of nitro benzene ring substituents is 1. The monoisotopic (exact) mass is 457 g/mol. The number of anilines is 1. The molecular formula is C22H27N5O6. The van der Waals surface area contributed by atoms with E-state index in [1.54, 1.807) is 12.3 Å². The van der Waals surface area contributed by atoms with Gasteiger partial charge in [-0.05, 0) is 30.5 Å². The van der Waals surface area contributed by atoms with Crippen molar-refractivity contribution in [3.8, 4) is 0 Å². The molecule has 0 saturated heterocycles. The Balaban J connectivity index is 1.78. The van der Waals surface area contributed by atoms with Gasteiger partial charge >= 0.3 is 5.97 Å². The summed E-state index contributed by atoms with van der Waals surface area (Å²) in [6.45, 7) is 0.390. The minimum atomic E-state index is -0.834. The average Bonchev–Trinajstić information content (AvgIpc) is 2.82. The van der Waals surface area contributed by atoms with Crippen LogP contribution in [-0.4, -0.2) is 47.9 Å². The van der Waals surface area contributed by atoms with Crippen LogP contribution in [0, 0.1) is 10.1 Å². The van der Waals surface area contributed by atoms with E-state index in [9.17, 15) is 24.5 Å². The van der Waals surface area contributed by atoms with E-state index in [4.69, 9.17) is 0 Å². The number of aromatic nitrogens is 1. The summed E-state index contributed by atoms with van der Waals surface area (Å²) >= 11 is 0. The highest BCUT2D eigenvalue weighted by molar-refractivity contribution is 5.85. The number of unbranched alkanes of at least 4 members (excludes halogenated alkanes) is 1. The van der Waals surface area contributed by atoms with Crippen LogP contribution in [0.2, 0.25) is 0 Å². The van der Waals surface area contributed by atoms with Crippen molar-refractivity contribution < 1.29 is 24.0 Å².